The molecule has 3 aromatic rings. The van der Waals surface area contributed by atoms with E-state index in [0.717, 1.165) is 9.75 Å². The van der Waals surface area contributed by atoms with Crippen LogP contribution in [0.3, 0.4) is 0 Å². The van der Waals surface area contributed by atoms with E-state index in [1.165, 1.54) is 23.5 Å². The topological polar surface area (TPSA) is 58.6 Å². The molecule has 4 rings (SSSR count). The Labute approximate surface area is 183 Å². The van der Waals surface area contributed by atoms with Gasteiger partial charge >= 0.3 is 0 Å². The highest BCUT2D eigenvalue weighted by molar-refractivity contribution is 7.16. The first kappa shape index (κ1) is 21.0. The van der Waals surface area contributed by atoms with Gasteiger partial charge in [0, 0.05) is 34.5 Å². The third kappa shape index (κ3) is 5.07. The van der Waals surface area contributed by atoms with Crippen molar-refractivity contribution in [3.63, 3.8) is 0 Å². The van der Waals surface area contributed by atoms with Crippen molar-refractivity contribution in [2.24, 2.45) is 0 Å². The van der Waals surface area contributed by atoms with Crippen molar-refractivity contribution in [1.82, 2.24) is 4.90 Å². The molecule has 1 aliphatic heterocycles. The Bertz CT molecular complexity index is 1120. The van der Waals surface area contributed by atoms with Gasteiger partial charge in [-0.3, -0.25) is 9.59 Å². The zero-order chi connectivity index (χ0) is 21.6. The van der Waals surface area contributed by atoms with Crippen LogP contribution in [0.4, 0.5) is 10.1 Å². The molecular formula is C24H21FN2O3S. The normalized spacial score (nSPS) is 14.0. The lowest BCUT2D eigenvalue weighted by Gasteiger charge is -2.27. The second-order valence-electron chi connectivity index (χ2n) is 6.95. The van der Waals surface area contributed by atoms with Crippen LogP contribution in [-0.2, 0) is 9.53 Å². The maximum absolute atomic E-state index is 14.0. The average Bonchev–Trinajstić information content (AvgIpc) is 3.27. The first-order valence-corrected chi connectivity index (χ1v) is 10.7. The Hall–Kier alpha value is -3.29. The lowest BCUT2D eigenvalue weighted by molar-refractivity contribution is -0.111. The SMILES string of the molecule is O=C(C=Cc1ccc(-c2ccccc2F)s1)Nc1ccccc1C(=O)N1CCOCC1. The summed E-state index contributed by atoms with van der Waals surface area (Å²) in [5.41, 5.74) is 1.45. The van der Waals surface area contributed by atoms with Gasteiger partial charge in [-0.1, -0.05) is 30.3 Å². The van der Waals surface area contributed by atoms with Gasteiger partial charge in [-0.05, 0) is 36.4 Å². The number of rotatable bonds is 5. The molecule has 31 heavy (non-hydrogen) atoms. The van der Waals surface area contributed by atoms with Gasteiger partial charge in [0.1, 0.15) is 5.82 Å². The summed E-state index contributed by atoms with van der Waals surface area (Å²) in [6, 6.07) is 17.2. The maximum atomic E-state index is 14.0. The minimum Gasteiger partial charge on any atom is -0.378 e. The minimum atomic E-state index is -0.344. The van der Waals surface area contributed by atoms with E-state index in [-0.39, 0.29) is 17.6 Å². The molecule has 5 nitrogen and oxygen atoms in total. The van der Waals surface area contributed by atoms with Gasteiger partial charge in [0.15, 0.2) is 0 Å². The zero-order valence-corrected chi connectivity index (χ0v) is 17.5. The summed E-state index contributed by atoms with van der Waals surface area (Å²) < 4.78 is 19.3. The van der Waals surface area contributed by atoms with Crippen molar-refractivity contribution in [1.29, 1.82) is 0 Å². The lowest BCUT2D eigenvalue weighted by Crippen LogP contribution is -2.41. The number of ether oxygens (including phenoxy) is 1. The monoisotopic (exact) mass is 436 g/mol. The third-order valence-corrected chi connectivity index (χ3v) is 5.96. The summed E-state index contributed by atoms with van der Waals surface area (Å²) in [4.78, 5) is 28.6. The number of amides is 2. The summed E-state index contributed by atoms with van der Waals surface area (Å²) in [6.07, 6.45) is 3.09. The van der Waals surface area contributed by atoms with Crippen LogP contribution < -0.4 is 5.32 Å². The third-order valence-electron chi connectivity index (χ3n) is 4.88. The van der Waals surface area contributed by atoms with Gasteiger partial charge in [-0.15, -0.1) is 11.3 Å². The highest BCUT2D eigenvalue weighted by atomic mass is 32.1. The van der Waals surface area contributed by atoms with Gasteiger partial charge in [0.2, 0.25) is 5.91 Å². The number of hydrogen-bond donors (Lipinski definition) is 1. The minimum absolute atomic E-state index is 0.129. The molecule has 0 spiro atoms. The first-order valence-electron chi connectivity index (χ1n) is 9.91. The van der Waals surface area contributed by atoms with Crippen LogP contribution >= 0.6 is 11.3 Å². The summed E-state index contributed by atoms with van der Waals surface area (Å²) in [5, 5.41) is 2.79. The number of halogens is 1. The van der Waals surface area contributed by atoms with Crippen LogP contribution in [0.5, 0.6) is 0 Å². The van der Waals surface area contributed by atoms with E-state index in [1.807, 2.05) is 12.1 Å². The van der Waals surface area contributed by atoms with E-state index in [2.05, 4.69) is 5.32 Å². The number of morpholine rings is 1. The van der Waals surface area contributed by atoms with Crippen molar-refractivity contribution >= 4 is 34.9 Å². The smallest absolute Gasteiger partial charge is 0.256 e. The number of carbonyl (C=O) groups is 2. The Balaban J connectivity index is 1.44. The van der Waals surface area contributed by atoms with E-state index in [1.54, 1.807) is 53.4 Å². The Morgan fingerprint density at radius 3 is 2.55 bits per heavy atom. The number of hydrogen-bond acceptors (Lipinski definition) is 4. The van der Waals surface area contributed by atoms with Crippen molar-refractivity contribution in [3.8, 4) is 10.4 Å². The van der Waals surface area contributed by atoms with E-state index < -0.39 is 0 Å². The second-order valence-corrected chi connectivity index (χ2v) is 8.07. The number of carbonyl (C=O) groups excluding carboxylic acids is 2. The number of nitrogens with zero attached hydrogens (tertiary/aromatic N) is 1. The molecule has 2 aromatic carbocycles. The van der Waals surface area contributed by atoms with Crippen molar-refractivity contribution < 1.29 is 18.7 Å². The number of para-hydroxylation sites is 1. The number of nitrogens with one attached hydrogen (secondary N) is 1. The fourth-order valence-electron chi connectivity index (χ4n) is 3.30. The van der Waals surface area contributed by atoms with E-state index in [9.17, 15) is 14.0 Å². The second kappa shape index (κ2) is 9.68. The predicted octanol–water partition coefficient (Wildman–Crippen LogP) is 4.68. The summed E-state index contributed by atoms with van der Waals surface area (Å²) >= 11 is 1.40. The van der Waals surface area contributed by atoms with Gasteiger partial charge in [0.05, 0.1) is 24.5 Å². The standard InChI is InChI=1S/C24H21FN2O3S/c25-20-7-3-1-5-18(20)22-11-9-17(31-22)10-12-23(28)26-21-8-4-2-6-19(21)24(29)27-13-15-30-16-14-27/h1-12H,13-16H2,(H,26,28). The molecule has 7 heteroatoms. The van der Waals surface area contributed by atoms with Crippen LogP contribution in [0.25, 0.3) is 16.5 Å². The fraction of sp³-hybridized carbons (Fsp3) is 0.167. The Morgan fingerprint density at radius 2 is 1.74 bits per heavy atom. The quantitative estimate of drug-likeness (QED) is 0.591. The van der Waals surface area contributed by atoms with Crippen LogP contribution in [0, 0.1) is 5.82 Å². The highest BCUT2D eigenvalue weighted by Gasteiger charge is 2.21. The highest BCUT2D eigenvalue weighted by Crippen LogP contribution is 2.30. The molecule has 0 bridgehead atoms. The molecule has 1 aliphatic rings. The van der Waals surface area contributed by atoms with Gasteiger partial charge in [-0.2, -0.15) is 0 Å². The predicted molar refractivity (Wildman–Crippen MR) is 121 cm³/mol. The van der Waals surface area contributed by atoms with Gasteiger partial charge < -0.3 is 15.0 Å². The lowest BCUT2D eigenvalue weighted by atomic mass is 10.1. The Morgan fingerprint density at radius 1 is 1.00 bits per heavy atom. The van der Waals surface area contributed by atoms with E-state index in [0.29, 0.717) is 43.1 Å². The molecule has 0 radical (unpaired) electrons. The van der Waals surface area contributed by atoms with Crippen molar-refractivity contribution in [3.05, 3.63) is 83.0 Å². The maximum Gasteiger partial charge on any atom is 0.256 e. The number of anilines is 1. The molecule has 2 amide bonds. The van der Waals surface area contributed by atoms with Crippen LogP contribution in [0.1, 0.15) is 15.2 Å². The molecule has 1 aromatic heterocycles. The molecule has 1 N–H and O–H groups in total. The molecule has 158 valence electrons. The van der Waals surface area contributed by atoms with Crippen LogP contribution in [0.2, 0.25) is 0 Å². The fourth-order valence-corrected chi connectivity index (χ4v) is 4.23. The largest absolute Gasteiger partial charge is 0.378 e. The first-order chi connectivity index (χ1) is 15.1. The summed E-state index contributed by atoms with van der Waals surface area (Å²) in [5.74, 6) is -0.752. The van der Waals surface area contributed by atoms with E-state index >= 15 is 0 Å². The molecule has 1 fully saturated rings. The molecule has 0 atom stereocenters. The van der Waals surface area contributed by atoms with Crippen LogP contribution in [0.15, 0.2) is 66.7 Å². The zero-order valence-electron chi connectivity index (χ0n) is 16.7. The number of benzene rings is 2. The van der Waals surface area contributed by atoms with Gasteiger partial charge in [0.25, 0.3) is 5.91 Å². The molecule has 2 heterocycles. The van der Waals surface area contributed by atoms with Crippen LogP contribution in [-0.4, -0.2) is 43.0 Å². The van der Waals surface area contributed by atoms with Crippen molar-refractivity contribution in [2.45, 2.75) is 0 Å². The molecule has 1 saturated heterocycles. The van der Waals surface area contributed by atoms with Gasteiger partial charge in [-0.25, -0.2) is 4.39 Å². The molecule has 0 saturated carbocycles. The van der Waals surface area contributed by atoms with Crippen molar-refractivity contribution in [2.75, 3.05) is 31.6 Å². The molecule has 0 unspecified atom stereocenters. The Kier molecular flexibility index (Phi) is 6.54. The average molecular weight is 437 g/mol. The van der Waals surface area contributed by atoms with E-state index in [4.69, 9.17) is 4.74 Å². The molecule has 0 aliphatic carbocycles. The summed E-state index contributed by atoms with van der Waals surface area (Å²) in [6.45, 7) is 2.09. The molecular weight excluding hydrogens is 415 g/mol. The number of thiophene rings is 1. The summed E-state index contributed by atoms with van der Waals surface area (Å²) in [7, 11) is 0.